The molecule has 0 spiro atoms. The number of sulfonamides is 1. The van der Waals surface area contributed by atoms with Crippen LogP contribution in [-0.2, 0) is 14.8 Å². The van der Waals surface area contributed by atoms with Gasteiger partial charge in [-0.15, -0.1) is 11.8 Å². The number of hydrogen-bond donors (Lipinski definition) is 1. The smallest absolute Gasteiger partial charge is 0.337 e. The highest BCUT2D eigenvalue weighted by Crippen LogP contribution is 2.23. The Bertz CT molecular complexity index is 525. The minimum Gasteiger partial charge on any atom is -0.465 e. The van der Waals surface area contributed by atoms with Crippen molar-refractivity contribution >= 4 is 33.4 Å². The second-order valence-corrected chi connectivity index (χ2v) is 5.94. The molecule has 0 aliphatic heterocycles. The molecule has 0 unspecified atom stereocenters. The van der Waals surface area contributed by atoms with Crippen LogP contribution in [0.15, 0.2) is 23.1 Å². The van der Waals surface area contributed by atoms with E-state index in [0.717, 1.165) is 11.2 Å². The van der Waals surface area contributed by atoms with E-state index in [2.05, 4.69) is 9.46 Å². The van der Waals surface area contributed by atoms with Gasteiger partial charge in [-0.05, 0) is 24.5 Å². The summed E-state index contributed by atoms with van der Waals surface area (Å²) in [5.41, 5.74) is 0.658. The Labute approximate surface area is 105 Å². The summed E-state index contributed by atoms with van der Waals surface area (Å²) in [4.78, 5) is 12.2. The molecule has 0 fully saturated rings. The first-order valence-corrected chi connectivity index (χ1v) is 7.72. The van der Waals surface area contributed by atoms with Crippen molar-refractivity contribution in [3.8, 4) is 0 Å². The van der Waals surface area contributed by atoms with E-state index in [-0.39, 0.29) is 0 Å². The Morgan fingerprint density at radius 3 is 2.47 bits per heavy atom. The lowest BCUT2D eigenvalue weighted by atomic mass is 10.2. The summed E-state index contributed by atoms with van der Waals surface area (Å²) in [6.07, 6.45) is 2.89. The van der Waals surface area contributed by atoms with Crippen LogP contribution in [-0.4, -0.2) is 34.0 Å². The van der Waals surface area contributed by atoms with E-state index in [1.165, 1.54) is 24.9 Å². The average Bonchev–Trinajstić information content (AvgIpc) is 2.25. The molecule has 1 aromatic rings. The van der Waals surface area contributed by atoms with Crippen LogP contribution < -0.4 is 4.72 Å². The highest BCUT2D eigenvalue weighted by molar-refractivity contribution is 7.98. The maximum atomic E-state index is 11.4. The molecule has 0 aliphatic rings. The number of carbonyl (C=O) groups excluding carboxylic acids is 1. The molecule has 5 nitrogen and oxygen atoms in total. The number of nitrogens with one attached hydrogen (secondary N) is 1. The lowest BCUT2D eigenvalue weighted by Crippen LogP contribution is -2.11. The van der Waals surface area contributed by atoms with Gasteiger partial charge in [0.05, 0.1) is 24.6 Å². The lowest BCUT2D eigenvalue weighted by Gasteiger charge is -2.08. The number of hydrogen-bond acceptors (Lipinski definition) is 5. The standard InChI is InChI=1S/C10H13NO4S2/c1-15-10(12)7-4-8(11-17(3,13)14)6-9(5-7)16-2/h4-6,11H,1-3H3. The van der Waals surface area contributed by atoms with Crippen LogP contribution in [0.4, 0.5) is 5.69 Å². The van der Waals surface area contributed by atoms with Gasteiger partial charge in [-0.1, -0.05) is 0 Å². The largest absolute Gasteiger partial charge is 0.465 e. The van der Waals surface area contributed by atoms with Crippen molar-refractivity contribution in [2.45, 2.75) is 4.90 Å². The summed E-state index contributed by atoms with van der Waals surface area (Å²) in [7, 11) is -2.09. The Hall–Kier alpha value is -1.21. The van der Waals surface area contributed by atoms with Crippen molar-refractivity contribution in [2.75, 3.05) is 24.3 Å². The third-order valence-electron chi connectivity index (χ3n) is 1.87. The molecule has 1 N–H and O–H groups in total. The lowest BCUT2D eigenvalue weighted by molar-refractivity contribution is 0.0600. The molecular formula is C10H13NO4S2. The quantitative estimate of drug-likeness (QED) is 0.667. The molecular weight excluding hydrogens is 262 g/mol. The number of rotatable bonds is 4. The van der Waals surface area contributed by atoms with Crippen molar-refractivity contribution in [3.63, 3.8) is 0 Å². The minimum atomic E-state index is -3.36. The first kappa shape index (κ1) is 13.9. The topological polar surface area (TPSA) is 72.5 Å². The van der Waals surface area contributed by atoms with Gasteiger partial charge in [-0.2, -0.15) is 0 Å². The van der Waals surface area contributed by atoms with Gasteiger partial charge in [0.25, 0.3) is 0 Å². The van der Waals surface area contributed by atoms with Gasteiger partial charge in [0.15, 0.2) is 0 Å². The van der Waals surface area contributed by atoms with Crippen LogP contribution >= 0.6 is 11.8 Å². The number of thioether (sulfide) groups is 1. The van der Waals surface area contributed by atoms with E-state index in [1.54, 1.807) is 12.1 Å². The van der Waals surface area contributed by atoms with E-state index in [0.29, 0.717) is 11.3 Å². The second-order valence-electron chi connectivity index (χ2n) is 3.32. The van der Waals surface area contributed by atoms with Gasteiger partial charge in [0, 0.05) is 4.90 Å². The van der Waals surface area contributed by atoms with Crippen LogP contribution in [0.1, 0.15) is 10.4 Å². The highest BCUT2D eigenvalue weighted by atomic mass is 32.2. The number of benzene rings is 1. The van der Waals surface area contributed by atoms with Crippen LogP contribution in [0, 0.1) is 0 Å². The van der Waals surface area contributed by atoms with Gasteiger partial charge in [-0.25, -0.2) is 13.2 Å². The molecule has 0 aliphatic carbocycles. The SMILES string of the molecule is COC(=O)c1cc(NS(C)(=O)=O)cc(SC)c1. The highest BCUT2D eigenvalue weighted by Gasteiger charge is 2.10. The maximum Gasteiger partial charge on any atom is 0.337 e. The number of carbonyl (C=O) groups is 1. The monoisotopic (exact) mass is 275 g/mol. The number of methoxy groups -OCH3 is 1. The molecule has 0 bridgehead atoms. The summed E-state index contributed by atoms with van der Waals surface area (Å²) in [5, 5.41) is 0. The van der Waals surface area contributed by atoms with Gasteiger partial charge in [0.2, 0.25) is 10.0 Å². The van der Waals surface area contributed by atoms with Gasteiger partial charge < -0.3 is 4.74 Å². The molecule has 0 saturated carbocycles. The fourth-order valence-corrected chi connectivity index (χ4v) is 2.26. The molecule has 0 saturated heterocycles. The molecule has 0 heterocycles. The van der Waals surface area contributed by atoms with E-state index in [1.807, 2.05) is 6.26 Å². The fourth-order valence-electron chi connectivity index (χ4n) is 1.23. The molecule has 0 aromatic heterocycles. The summed E-state index contributed by atoms with van der Waals surface area (Å²) in [6.45, 7) is 0. The molecule has 0 radical (unpaired) electrons. The van der Waals surface area contributed by atoms with Crippen LogP contribution in [0.25, 0.3) is 0 Å². The van der Waals surface area contributed by atoms with Crippen LogP contribution in [0.2, 0.25) is 0 Å². The zero-order valence-electron chi connectivity index (χ0n) is 9.68. The van der Waals surface area contributed by atoms with Crippen LogP contribution in [0.3, 0.4) is 0 Å². The fraction of sp³-hybridized carbons (Fsp3) is 0.300. The van der Waals surface area contributed by atoms with Gasteiger partial charge in [-0.3, -0.25) is 4.72 Å². The first-order chi connectivity index (χ1) is 7.85. The van der Waals surface area contributed by atoms with Crippen molar-refractivity contribution in [3.05, 3.63) is 23.8 Å². The van der Waals surface area contributed by atoms with E-state index >= 15 is 0 Å². The average molecular weight is 275 g/mol. The summed E-state index contributed by atoms with van der Waals surface area (Å²) >= 11 is 1.41. The van der Waals surface area contributed by atoms with Crippen molar-refractivity contribution in [1.82, 2.24) is 0 Å². The summed E-state index contributed by atoms with van der Waals surface area (Å²) < 4.78 is 29.2. The van der Waals surface area contributed by atoms with Crippen molar-refractivity contribution in [2.24, 2.45) is 0 Å². The predicted molar refractivity (Wildman–Crippen MR) is 68.0 cm³/mol. The van der Waals surface area contributed by atoms with Gasteiger partial charge in [0.1, 0.15) is 0 Å². The normalized spacial score (nSPS) is 11.0. The van der Waals surface area contributed by atoms with E-state index in [9.17, 15) is 13.2 Å². The third kappa shape index (κ3) is 4.27. The zero-order valence-corrected chi connectivity index (χ0v) is 11.3. The number of ether oxygens (including phenoxy) is 1. The third-order valence-corrected chi connectivity index (χ3v) is 3.18. The molecule has 1 aromatic carbocycles. The zero-order chi connectivity index (χ0) is 13.1. The number of anilines is 1. The van der Waals surface area contributed by atoms with E-state index < -0.39 is 16.0 Å². The van der Waals surface area contributed by atoms with Gasteiger partial charge >= 0.3 is 5.97 Å². The van der Waals surface area contributed by atoms with E-state index in [4.69, 9.17) is 0 Å². The molecule has 17 heavy (non-hydrogen) atoms. The Balaban J connectivity index is 3.18. The van der Waals surface area contributed by atoms with Crippen molar-refractivity contribution < 1.29 is 17.9 Å². The Morgan fingerprint density at radius 1 is 1.35 bits per heavy atom. The molecule has 94 valence electrons. The molecule has 1 rings (SSSR count). The Kier molecular flexibility index (Phi) is 4.41. The Morgan fingerprint density at radius 2 is 2.00 bits per heavy atom. The molecule has 7 heteroatoms. The molecule has 0 amide bonds. The minimum absolute atomic E-state index is 0.311. The molecule has 0 atom stereocenters. The van der Waals surface area contributed by atoms with Crippen molar-refractivity contribution in [1.29, 1.82) is 0 Å². The number of esters is 1. The maximum absolute atomic E-state index is 11.4. The first-order valence-electron chi connectivity index (χ1n) is 4.61. The predicted octanol–water partition coefficient (Wildman–Crippen LogP) is 1.57. The summed E-state index contributed by atoms with van der Waals surface area (Å²) in [5.74, 6) is -0.502. The van der Waals surface area contributed by atoms with Crippen LogP contribution in [0.5, 0.6) is 0 Å². The summed E-state index contributed by atoms with van der Waals surface area (Å²) in [6, 6.07) is 4.73. The second kappa shape index (κ2) is 5.42.